The second kappa shape index (κ2) is 5.63. The van der Waals surface area contributed by atoms with Gasteiger partial charge in [0.15, 0.2) is 0 Å². The highest BCUT2D eigenvalue weighted by Gasteiger charge is 2.27. The Morgan fingerprint density at radius 1 is 1.26 bits per heavy atom. The van der Waals surface area contributed by atoms with Crippen LogP contribution in [0.25, 0.3) is 0 Å². The predicted octanol–water partition coefficient (Wildman–Crippen LogP) is 2.15. The molecular weight excluding hydrogens is 240 g/mol. The van der Waals surface area contributed by atoms with Crippen LogP contribution in [0, 0.1) is 5.92 Å². The Morgan fingerprint density at radius 2 is 2.11 bits per heavy atom. The maximum absolute atomic E-state index is 9.90. The highest BCUT2D eigenvalue weighted by molar-refractivity contribution is 5.25. The van der Waals surface area contributed by atoms with Gasteiger partial charge in [0.1, 0.15) is 11.5 Å². The van der Waals surface area contributed by atoms with Gasteiger partial charge in [-0.1, -0.05) is 11.6 Å². The van der Waals surface area contributed by atoms with E-state index >= 15 is 0 Å². The lowest BCUT2D eigenvalue weighted by molar-refractivity contribution is 0.107. The van der Waals surface area contributed by atoms with Crippen LogP contribution < -0.4 is 0 Å². The van der Waals surface area contributed by atoms with Gasteiger partial charge in [0.2, 0.25) is 0 Å². The minimum Gasteiger partial charge on any atom is -0.393 e. The molecule has 1 fully saturated rings. The Balaban J connectivity index is 1.60. The number of nitrogens with zero attached hydrogens (tertiary/aromatic N) is 2. The number of fused-ring (bicyclic) bond motifs is 1. The number of rotatable bonds is 4. The maximum atomic E-state index is 9.90. The monoisotopic (exact) mass is 264 g/mol. The predicted molar refractivity (Wildman–Crippen MR) is 72.8 cm³/mol. The first-order valence-corrected chi connectivity index (χ1v) is 7.57. The quantitative estimate of drug-likeness (QED) is 0.905. The molecule has 1 aromatic heterocycles. The van der Waals surface area contributed by atoms with E-state index in [4.69, 9.17) is 4.52 Å². The van der Waals surface area contributed by atoms with Crippen LogP contribution in [0.15, 0.2) is 4.52 Å². The molecular formula is C15H24N2O2. The summed E-state index contributed by atoms with van der Waals surface area (Å²) in [6, 6.07) is 0. The van der Waals surface area contributed by atoms with Crippen LogP contribution in [0.4, 0.5) is 0 Å². The summed E-state index contributed by atoms with van der Waals surface area (Å²) in [5.41, 5.74) is 2.47. The standard InChI is InChI=1S/C15H24N2O2/c1-17(9-11-5-4-7-14(11)18)10-13-12-6-2-3-8-15(12)19-16-13/h11,14,18H,2-10H2,1H3. The normalized spacial score (nSPS) is 26.9. The molecule has 0 aliphatic heterocycles. The van der Waals surface area contributed by atoms with E-state index in [1.165, 1.54) is 24.8 Å². The average molecular weight is 264 g/mol. The molecule has 4 heteroatoms. The molecule has 0 bridgehead atoms. The summed E-state index contributed by atoms with van der Waals surface area (Å²) in [5.74, 6) is 1.54. The number of aromatic nitrogens is 1. The van der Waals surface area contributed by atoms with E-state index in [0.717, 1.165) is 50.2 Å². The highest BCUT2D eigenvalue weighted by atomic mass is 16.5. The molecule has 0 amide bonds. The second-order valence-corrected chi connectivity index (χ2v) is 6.19. The fraction of sp³-hybridized carbons (Fsp3) is 0.800. The largest absolute Gasteiger partial charge is 0.393 e. The van der Waals surface area contributed by atoms with Gasteiger partial charge in [0.25, 0.3) is 0 Å². The van der Waals surface area contributed by atoms with Crippen LogP contribution in [0.5, 0.6) is 0 Å². The molecule has 0 spiro atoms. The smallest absolute Gasteiger partial charge is 0.140 e. The fourth-order valence-corrected chi connectivity index (χ4v) is 3.52. The molecule has 2 aliphatic carbocycles. The van der Waals surface area contributed by atoms with Crippen molar-refractivity contribution in [3.8, 4) is 0 Å². The van der Waals surface area contributed by atoms with Crippen molar-refractivity contribution >= 4 is 0 Å². The summed E-state index contributed by atoms with van der Waals surface area (Å²) in [4.78, 5) is 2.28. The summed E-state index contributed by atoms with van der Waals surface area (Å²) in [6.07, 6.45) is 7.84. The van der Waals surface area contributed by atoms with E-state index < -0.39 is 0 Å². The first-order chi connectivity index (χ1) is 9.24. The molecule has 1 N–H and O–H groups in total. The number of hydrogen-bond acceptors (Lipinski definition) is 4. The van der Waals surface area contributed by atoms with Crippen LogP contribution in [0.2, 0.25) is 0 Å². The Bertz CT molecular complexity index is 430. The Hall–Kier alpha value is -0.870. The lowest BCUT2D eigenvalue weighted by Gasteiger charge is -2.22. The van der Waals surface area contributed by atoms with E-state index in [2.05, 4.69) is 17.1 Å². The zero-order valence-corrected chi connectivity index (χ0v) is 11.8. The molecule has 3 rings (SSSR count). The minimum absolute atomic E-state index is 0.103. The van der Waals surface area contributed by atoms with E-state index in [-0.39, 0.29) is 6.10 Å². The number of aliphatic hydroxyl groups excluding tert-OH is 1. The highest BCUT2D eigenvalue weighted by Crippen LogP contribution is 2.28. The van der Waals surface area contributed by atoms with Crippen LogP contribution in [-0.2, 0) is 19.4 Å². The van der Waals surface area contributed by atoms with Crippen molar-refractivity contribution in [1.82, 2.24) is 10.1 Å². The third-order valence-electron chi connectivity index (χ3n) is 4.62. The molecule has 2 aliphatic rings. The van der Waals surface area contributed by atoms with Crippen molar-refractivity contribution in [1.29, 1.82) is 0 Å². The van der Waals surface area contributed by atoms with Crippen LogP contribution in [0.1, 0.15) is 49.1 Å². The molecule has 106 valence electrons. The number of hydrogen-bond donors (Lipinski definition) is 1. The minimum atomic E-state index is -0.103. The van der Waals surface area contributed by atoms with Gasteiger partial charge in [0.05, 0.1) is 6.10 Å². The van der Waals surface area contributed by atoms with Gasteiger partial charge >= 0.3 is 0 Å². The van der Waals surface area contributed by atoms with Crippen molar-refractivity contribution < 1.29 is 9.63 Å². The summed E-state index contributed by atoms with van der Waals surface area (Å²) in [6.45, 7) is 1.81. The van der Waals surface area contributed by atoms with Crippen molar-refractivity contribution in [2.24, 2.45) is 5.92 Å². The van der Waals surface area contributed by atoms with Crippen molar-refractivity contribution in [2.45, 2.75) is 57.6 Å². The Labute approximate surface area is 114 Å². The second-order valence-electron chi connectivity index (χ2n) is 6.19. The molecule has 19 heavy (non-hydrogen) atoms. The lowest BCUT2D eigenvalue weighted by Crippen LogP contribution is -2.29. The Kier molecular flexibility index (Phi) is 3.89. The molecule has 2 unspecified atom stereocenters. The molecule has 1 aromatic rings. The summed E-state index contributed by atoms with van der Waals surface area (Å²) < 4.78 is 5.45. The molecule has 0 saturated heterocycles. The van der Waals surface area contributed by atoms with Crippen LogP contribution in [-0.4, -0.2) is 34.9 Å². The first-order valence-electron chi connectivity index (χ1n) is 7.57. The maximum Gasteiger partial charge on any atom is 0.140 e. The van der Waals surface area contributed by atoms with E-state index in [1.54, 1.807) is 0 Å². The lowest BCUT2D eigenvalue weighted by atomic mass is 9.96. The third kappa shape index (κ3) is 2.84. The zero-order valence-electron chi connectivity index (χ0n) is 11.8. The molecule has 0 radical (unpaired) electrons. The van der Waals surface area contributed by atoms with Crippen molar-refractivity contribution in [3.63, 3.8) is 0 Å². The van der Waals surface area contributed by atoms with Crippen LogP contribution in [0.3, 0.4) is 0 Å². The van der Waals surface area contributed by atoms with Gasteiger partial charge in [-0.15, -0.1) is 0 Å². The van der Waals surface area contributed by atoms with Gasteiger partial charge < -0.3 is 14.5 Å². The molecule has 1 heterocycles. The van der Waals surface area contributed by atoms with E-state index in [0.29, 0.717) is 5.92 Å². The van der Waals surface area contributed by atoms with Gasteiger partial charge in [-0.2, -0.15) is 0 Å². The molecule has 0 aromatic carbocycles. The molecule has 2 atom stereocenters. The van der Waals surface area contributed by atoms with E-state index in [9.17, 15) is 5.11 Å². The third-order valence-corrected chi connectivity index (χ3v) is 4.62. The summed E-state index contributed by atoms with van der Waals surface area (Å²) in [5, 5.41) is 14.1. The number of aliphatic hydroxyl groups is 1. The van der Waals surface area contributed by atoms with Gasteiger partial charge in [-0.05, 0) is 45.1 Å². The topological polar surface area (TPSA) is 49.5 Å². The van der Waals surface area contributed by atoms with E-state index in [1.807, 2.05) is 0 Å². The number of aryl methyl sites for hydroxylation is 1. The first kappa shape index (κ1) is 13.1. The summed E-state index contributed by atoms with van der Waals surface area (Å²) >= 11 is 0. The van der Waals surface area contributed by atoms with Crippen molar-refractivity contribution in [3.05, 3.63) is 17.0 Å². The average Bonchev–Trinajstić information content (AvgIpc) is 2.98. The fourth-order valence-electron chi connectivity index (χ4n) is 3.52. The van der Waals surface area contributed by atoms with Gasteiger partial charge in [0, 0.05) is 25.1 Å². The summed E-state index contributed by atoms with van der Waals surface area (Å²) in [7, 11) is 2.12. The van der Waals surface area contributed by atoms with Gasteiger partial charge in [-0.3, -0.25) is 0 Å². The zero-order chi connectivity index (χ0) is 13.2. The van der Waals surface area contributed by atoms with Gasteiger partial charge in [-0.25, -0.2) is 0 Å². The SMILES string of the molecule is CN(Cc1noc2c1CCCC2)CC1CCCC1O. The Morgan fingerprint density at radius 3 is 2.89 bits per heavy atom. The van der Waals surface area contributed by atoms with Crippen LogP contribution >= 0.6 is 0 Å². The molecule has 1 saturated carbocycles. The van der Waals surface area contributed by atoms with Crippen molar-refractivity contribution in [2.75, 3.05) is 13.6 Å². The molecule has 4 nitrogen and oxygen atoms in total.